The van der Waals surface area contributed by atoms with E-state index in [1.165, 1.54) is 0 Å². The van der Waals surface area contributed by atoms with E-state index in [9.17, 15) is 0 Å². The SMILES string of the molecule is CCC(C)c1cncc(-c2ccccc2)n1. The average molecular weight is 212 g/mol. The normalized spacial score (nSPS) is 12.4. The Morgan fingerprint density at radius 3 is 2.56 bits per heavy atom. The number of rotatable bonds is 3. The van der Waals surface area contributed by atoms with Crippen LogP contribution in [0, 0.1) is 0 Å². The highest BCUT2D eigenvalue weighted by molar-refractivity contribution is 5.57. The first-order chi connectivity index (χ1) is 7.81. The van der Waals surface area contributed by atoms with Gasteiger partial charge in [0.1, 0.15) is 0 Å². The van der Waals surface area contributed by atoms with Gasteiger partial charge in [-0.15, -0.1) is 0 Å². The Labute approximate surface area is 96.4 Å². The van der Waals surface area contributed by atoms with Crippen LogP contribution in [-0.2, 0) is 0 Å². The summed E-state index contributed by atoms with van der Waals surface area (Å²) < 4.78 is 0. The van der Waals surface area contributed by atoms with Gasteiger partial charge in [0.25, 0.3) is 0 Å². The Morgan fingerprint density at radius 2 is 1.88 bits per heavy atom. The van der Waals surface area contributed by atoms with Gasteiger partial charge in [0, 0.05) is 11.8 Å². The van der Waals surface area contributed by atoms with E-state index >= 15 is 0 Å². The Hall–Kier alpha value is -1.70. The Bertz CT molecular complexity index is 451. The second-order valence-corrected chi connectivity index (χ2v) is 4.00. The number of hydrogen-bond acceptors (Lipinski definition) is 2. The molecule has 1 atom stereocenters. The molecule has 1 heterocycles. The van der Waals surface area contributed by atoms with Gasteiger partial charge in [-0.25, -0.2) is 4.98 Å². The summed E-state index contributed by atoms with van der Waals surface area (Å²) in [5, 5.41) is 0. The summed E-state index contributed by atoms with van der Waals surface area (Å²) in [6.07, 6.45) is 4.77. The molecule has 1 aromatic heterocycles. The molecule has 2 aromatic rings. The van der Waals surface area contributed by atoms with Gasteiger partial charge in [0.05, 0.1) is 17.6 Å². The second-order valence-electron chi connectivity index (χ2n) is 4.00. The molecule has 0 aliphatic rings. The van der Waals surface area contributed by atoms with E-state index < -0.39 is 0 Å². The first-order valence-electron chi connectivity index (χ1n) is 5.68. The third-order valence-electron chi connectivity index (χ3n) is 2.84. The quantitative estimate of drug-likeness (QED) is 0.776. The zero-order valence-electron chi connectivity index (χ0n) is 9.72. The maximum atomic E-state index is 4.65. The molecule has 0 spiro atoms. The lowest BCUT2D eigenvalue weighted by Crippen LogP contribution is -1.98. The van der Waals surface area contributed by atoms with Crippen molar-refractivity contribution >= 4 is 0 Å². The molecule has 82 valence electrons. The van der Waals surface area contributed by atoms with E-state index in [4.69, 9.17) is 0 Å². The number of hydrogen-bond donors (Lipinski definition) is 0. The van der Waals surface area contributed by atoms with Gasteiger partial charge in [-0.05, 0) is 12.3 Å². The Balaban J connectivity index is 2.36. The average Bonchev–Trinajstić information content (AvgIpc) is 2.39. The minimum Gasteiger partial charge on any atom is -0.261 e. The van der Waals surface area contributed by atoms with Crippen molar-refractivity contribution in [3.8, 4) is 11.3 Å². The number of benzene rings is 1. The zero-order chi connectivity index (χ0) is 11.4. The molecule has 1 unspecified atom stereocenters. The lowest BCUT2D eigenvalue weighted by atomic mass is 10.1. The minimum atomic E-state index is 0.469. The second kappa shape index (κ2) is 4.88. The third kappa shape index (κ3) is 2.27. The summed E-state index contributed by atoms with van der Waals surface area (Å²) in [4.78, 5) is 8.92. The molecule has 0 saturated heterocycles. The number of nitrogens with zero attached hydrogens (tertiary/aromatic N) is 2. The van der Waals surface area contributed by atoms with Crippen LogP contribution in [-0.4, -0.2) is 9.97 Å². The molecule has 0 bridgehead atoms. The molecule has 0 radical (unpaired) electrons. The summed E-state index contributed by atoms with van der Waals surface area (Å²) in [6.45, 7) is 4.35. The van der Waals surface area contributed by atoms with Gasteiger partial charge in [0.15, 0.2) is 0 Å². The van der Waals surface area contributed by atoms with E-state index in [0.717, 1.165) is 23.4 Å². The predicted molar refractivity (Wildman–Crippen MR) is 66.2 cm³/mol. The highest BCUT2D eigenvalue weighted by Gasteiger charge is 2.06. The summed E-state index contributed by atoms with van der Waals surface area (Å²) >= 11 is 0. The molecule has 16 heavy (non-hydrogen) atoms. The largest absolute Gasteiger partial charge is 0.261 e. The topological polar surface area (TPSA) is 25.8 Å². The monoisotopic (exact) mass is 212 g/mol. The third-order valence-corrected chi connectivity index (χ3v) is 2.84. The molecule has 0 aliphatic carbocycles. The van der Waals surface area contributed by atoms with Gasteiger partial charge in [-0.1, -0.05) is 44.2 Å². The van der Waals surface area contributed by atoms with Crippen LogP contribution in [0.1, 0.15) is 31.9 Å². The van der Waals surface area contributed by atoms with Crippen LogP contribution in [0.4, 0.5) is 0 Å². The molecule has 0 N–H and O–H groups in total. The fourth-order valence-electron chi connectivity index (χ4n) is 1.58. The zero-order valence-corrected chi connectivity index (χ0v) is 9.72. The molecule has 0 saturated carbocycles. The van der Waals surface area contributed by atoms with Gasteiger partial charge in [-0.2, -0.15) is 0 Å². The van der Waals surface area contributed by atoms with Crippen LogP contribution in [0.5, 0.6) is 0 Å². The van der Waals surface area contributed by atoms with Crippen LogP contribution in [0.3, 0.4) is 0 Å². The van der Waals surface area contributed by atoms with Crippen molar-refractivity contribution in [3.63, 3.8) is 0 Å². The van der Waals surface area contributed by atoms with Crippen LogP contribution in [0.2, 0.25) is 0 Å². The molecule has 0 aliphatic heterocycles. The summed E-state index contributed by atoms with van der Waals surface area (Å²) in [6, 6.07) is 10.2. The molecular weight excluding hydrogens is 196 g/mol. The van der Waals surface area contributed by atoms with E-state index in [-0.39, 0.29) is 0 Å². The fraction of sp³-hybridized carbons (Fsp3) is 0.286. The lowest BCUT2D eigenvalue weighted by molar-refractivity contribution is 0.704. The van der Waals surface area contributed by atoms with Gasteiger partial charge in [0.2, 0.25) is 0 Å². The summed E-state index contributed by atoms with van der Waals surface area (Å²) in [5.74, 6) is 0.469. The van der Waals surface area contributed by atoms with Crippen molar-refractivity contribution in [3.05, 3.63) is 48.4 Å². The van der Waals surface area contributed by atoms with E-state index in [1.807, 2.05) is 30.6 Å². The maximum Gasteiger partial charge on any atom is 0.0888 e. The molecule has 1 aromatic carbocycles. The lowest BCUT2D eigenvalue weighted by Gasteiger charge is -2.08. The van der Waals surface area contributed by atoms with E-state index in [0.29, 0.717) is 5.92 Å². The maximum absolute atomic E-state index is 4.65. The van der Waals surface area contributed by atoms with Crippen molar-refractivity contribution < 1.29 is 0 Å². The van der Waals surface area contributed by atoms with Crippen molar-refractivity contribution in [1.82, 2.24) is 9.97 Å². The first kappa shape index (κ1) is 10.8. The molecule has 2 nitrogen and oxygen atoms in total. The summed E-state index contributed by atoms with van der Waals surface area (Å²) in [7, 11) is 0. The van der Waals surface area contributed by atoms with Crippen molar-refractivity contribution in [2.75, 3.05) is 0 Å². The molecule has 2 rings (SSSR count). The fourth-order valence-corrected chi connectivity index (χ4v) is 1.58. The standard InChI is InChI=1S/C14H16N2/c1-3-11(2)13-9-15-10-14(16-13)12-7-5-4-6-8-12/h4-11H,3H2,1-2H3. The molecule has 2 heteroatoms. The van der Waals surface area contributed by atoms with Crippen LogP contribution in [0.15, 0.2) is 42.7 Å². The highest BCUT2D eigenvalue weighted by atomic mass is 14.8. The van der Waals surface area contributed by atoms with Crippen molar-refractivity contribution in [1.29, 1.82) is 0 Å². The Morgan fingerprint density at radius 1 is 1.12 bits per heavy atom. The van der Waals surface area contributed by atoms with E-state index in [2.05, 4.69) is 35.9 Å². The minimum absolute atomic E-state index is 0.469. The smallest absolute Gasteiger partial charge is 0.0888 e. The molecule has 0 fully saturated rings. The molecular formula is C14H16N2. The first-order valence-corrected chi connectivity index (χ1v) is 5.68. The Kier molecular flexibility index (Phi) is 3.30. The summed E-state index contributed by atoms with van der Waals surface area (Å²) in [5.41, 5.74) is 3.16. The van der Waals surface area contributed by atoms with E-state index in [1.54, 1.807) is 0 Å². The van der Waals surface area contributed by atoms with Crippen LogP contribution >= 0.6 is 0 Å². The molecule has 0 amide bonds. The van der Waals surface area contributed by atoms with Gasteiger partial charge in [-0.3, -0.25) is 4.98 Å². The van der Waals surface area contributed by atoms with Crippen LogP contribution in [0.25, 0.3) is 11.3 Å². The van der Waals surface area contributed by atoms with Crippen molar-refractivity contribution in [2.24, 2.45) is 0 Å². The number of aromatic nitrogens is 2. The van der Waals surface area contributed by atoms with Crippen LogP contribution < -0.4 is 0 Å². The predicted octanol–water partition coefficient (Wildman–Crippen LogP) is 3.66. The van der Waals surface area contributed by atoms with Gasteiger partial charge >= 0.3 is 0 Å². The van der Waals surface area contributed by atoms with Crippen molar-refractivity contribution in [2.45, 2.75) is 26.2 Å². The highest BCUT2D eigenvalue weighted by Crippen LogP contribution is 2.20. The van der Waals surface area contributed by atoms with Gasteiger partial charge < -0.3 is 0 Å².